The van der Waals surface area contributed by atoms with Gasteiger partial charge < -0.3 is 4.40 Å². The van der Waals surface area contributed by atoms with E-state index in [4.69, 9.17) is 9.97 Å². The SMILES string of the molecule is c1ccc2c(c1)-c1c(ncc3c1c1cccc4c5c6c(ncc5n3c14)C1(CCCC1)c1ccccc1-6)C21CCCC1. The highest BCUT2D eigenvalue weighted by Gasteiger charge is 2.49. The summed E-state index contributed by atoms with van der Waals surface area (Å²) in [6, 6.07) is 25.3. The molecule has 0 radical (unpaired) electrons. The molecule has 3 nitrogen and oxygen atoms in total. The average molecular weight is 528 g/mol. The van der Waals surface area contributed by atoms with E-state index in [9.17, 15) is 0 Å². The first-order valence-electron chi connectivity index (χ1n) is 15.5. The molecule has 0 N–H and O–H groups in total. The Morgan fingerprint density at radius 3 is 1.49 bits per heavy atom. The molecule has 2 fully saturated rings. The highest BCUT2D eigenvalue weighted by Crippen LogP contribution is 2.61. The molecular weight excluding hydrogens is 498 g/mol. The molecule has 4 aliphatic carbocycles. The van der Waals surface area contributed by atoms with Crippen molar-refractivity contribution in [2.45, 2.75) is 62.2 Å². The molecule has 0 amide bonds. The summed E-state index contributed by atoms with van der Waals surface area (Å²) in [6.07, 6.45) is 14.4. The van der Waals surface area contributed by atoms with Crippen LogP contribution in [0.4, 0.5) is 0 Å². The van der Waals surface area contributed by atoms with E-state index in [1.165, 1.54) is 134 Å². The van der Waals surface area contributed by atoms with Crippen molar-refractivity contribution in [3.05, 3.63) is 102 Å². The molecule has 196 valence electrons. The van der Waals surface area contributed by atoms with Crippen molar-refractivity contribution in [1.29, 1.82) is 0 Å². The second-order valence-corrected chi connectivity index (χ2v) is 13.2. The Morgan fingerprint density at radius 1 is 0.537 bits per heavy atom. The smallest absolute Gasteiger partial charge is 0.0732 e. The zero-order valence-corrected chi connectivity index (χ0v) is 23.0. The summed E-state index contributed by atoms with van der Waals surface area (Å²) in [5, 5.41) is 5.46. The topological polar surface area (TPSA) is 30.2 Å². The largest absolute Gasteiger partial charge is 0.305 e. The number of fused-ring (bicyclic) bond motifs is 18. The van der Waals surface area contributed by atoms with Gasteiger partial charge in [0.1, 0.15) is 0 Å². The van der Waals surface area contributed by atoms with E-state index in [0.29, 0.717) is 0 Å². The second-order valence-electron chi connectivity index (χ2n) is 13.2. The van der Waals surface area contributed by atoms with Gasteiger partial charge in [-0.15, -0.1) is 0 Å². The van der Waals surface area contributed by atoms with Crippen LogP contribution >= 0.6 is 0 Å². The van der Waals surface area contributed by atoms with Crippen molar-refractivity contribution < 1.29 is 0 Å². The van der Waals surface area contributed by atoms with Crippen LogP contribution in [0.1, 0.15) is 73.9 Å². The summed E-state index contributed by atoms with van der Waals surface area (Å²) in [5.41, 5.74) is 15.1. The minimum Gasteiger partial charge on any atom is -0.305 e. The van der Waals surface area contributed by atoms with Crippen molar-refractivity contribution in [2.75, 3.05) is 0 Å². The van der Waals surface area contributed by atoms with Gasteiger partial charge >= 0.3 is 0 Å². The van der Waals surface area contributed by atoms with Crippen LogP contribution < -0.4 is 0 Å². The van der Waals surface area contributed by atoms with Crippen LogP contribution in [0.5, 0.6) is 0 Å². The summed E-state index contributed by atoms with van der Waals surface area (Å²) < 4.78 is 2.50. The number of benzene rings is 3. The summed E-state index contributed by atoms with van der Waals surface area (Å²) in [7, 11) is 0. The van der Waals surface area contributed by atoms with Crippen LogP contribution in [0.25, 0.3) is 60.3 Å². The van der Waals surface area contributed by atoms with Gasteiger partial charge in [-0.05, 0) is 47.9 Å². The Balaban J connectivity index is 1.32. The predicted molar refractivity (Wildman–Crippen MR) is 166 cm³/mol. The highest BCUT2D eigenvalue weighted by atomic mass is 15.0. The van der Waals surface area contributed by atoms with Crippen LogP contribution in [0.15, 0.2) is 79.1 Å². The maximum Gasteiger partial charge on any atom is 0.0732 e. The minimum atomic E-state index is 0.0792. The van der Waals surface area contributed by atoms with Crippen molar-refractivity contribution in [3.8, 4) is 22.3 Å². The molecule has 0 saturated heterocycles. The van der Waals surface area contributed by atoms with E-state index in [1.807, 2.05) is 0 Å². The Kier molecular flexibility index (Phi) is 3.65. The highest BCUT2D eigenvalue weighted by molar-refractivity contribution is 6.28. The fourth-order valence-corrected chi connectivity index (χ4v) is 10.2. The molecule has 11 rings (SSSR count). The van der Waals surface area contributed by atoms with Crippen LogP contribution in [0.3, 0.4) is 0 Å². The Bertz CT molecular complexity index is 2120. The van der Waals surface area contributed by atoms with Gasteiger partial charge in [0.25, 0.3) is 0 Å². The molecule has 41 heavy (non-hydrogen) atoms. The fourth-order valence-electron chi connectivity index (χ4n) is 10.2. The van der Waals surface area contributed by atoms with Crippen LogP contribution in [-0.4, -0.2) is 14.4 Å². The zero-order valence-electron chi connectivity index (χ0n) is 23.0. The number of aromatic nitrogens is 3. The first-order chi connectivity index (χ1) is 20.3. The van der Waals surface area contributed by atoms with Crippen molar-refractivity contribution >= 4 is 38.1 Å². The van der Waals surface area contributed by atoms with Gasteiger partial charge in [0.05, 0.1) is 40.3 Å². The van der Waals surface area contributed by atoms with Gasteiger partial charge in [-0.3, -0.25) is 9.97 Å². The Labute approximate surface area is 238 Å². The van der Waals surface area contributed by atoms with Crippen molar-refractivity contribution in [2.24, 2.45) is 0 Å². The monoisotopic (exact) mass is 527 g/mol. The number of rotatable bonds is 0. The maximum atomic E-state index is 5.36. The molecule has 4 aromatic heterocycles. The lowest BCUT2D eigenvalue weighted by atomic mass is 9.79. The van der Waals surface area contributed by atoms with Gasteiger partial charge in [-0.25, -0.2) is 0 Å². The van der Waals surface area contributed by atoms with E-state index < -0.39 is 0 Å². The lowest BCUT2D eigenvalue weighted by Crippen LogP contribution is -2.21. The standard InChI is InChI=1S/C38H29N3/c1-3-14-26-22(10-1)32-30-24-12-9-13-25-31-29(41(34(24)25)28(30)20-39-35(32)37(26)16-5-6-17-37)21-40-36-33(31)23-11-2-4-15-27(23)38(36)18-7-8-19-38/h1-4,9-15,20-21H,5-8,16-19H2. The first-order valence-corrected chi connectivity index (χ1v) is 15.5. The van der Waals surface area contributed by atoms with E-state index >= 15 is 0 Å². The molecule has 2 spiro atoms. The molecular formula is C38H29N3. The molecule has 7 aromatic rings. The summed E-state index contributed by atoms with van der Waals surface area (Å²) in [5.74, 6) is 0. The third kappa shape index (κ3) is 2.21. The number of hydrogen-bond donors (Lipinski definition) is 0. The van der Waals surface area contributed by atoms with Gasteiger partial charge in [0, 0.05) is 43.5 Å². The lowest BCUT2D eigenvalue weighted by Gasteiger charge is -2.25. The normalized spacial score (nSPS) is 19.3. The Morgan fingerprint density at radius 2 is 1.00 bits per heavy atom. The number of nitrogens with zero attached hydrogens (tertiary/aromatic N) is 3. The number of para-hydroxylation sites is 1. The van der Waals surface area contributed by atoms with Crippen molar-refractivity contribution in [1.82, 2.24) is 14.4 Å². The molecule has 4 aliphatic rings. The third-order valence-electron chi connectivity index (χ3n) is 11.6. The third-order valence-corrected chi connectivity index (χ3v) is 11.6. The zero-order chi connectivity index (χ0) is 26.5. The maximum absolute atomic E-state index is 5.36. The summed E-state index contributed by atoms with van der Waals surface area (Å²) >= 11 is 0. The molecule has 0 bridgehead atoms. The average Bonchev–Trinajstić information content (AvgIpc) is 3.87. The lowest BCUT2D eigenvalue weighted by molar-refractivity contribution is 0.534. The first kappa shape index (κ1) is 21.5. The minimum absolute atomic E-state index is 0.0792. The second kappa shape index (κ2) is 6.97. The number of pyridine rings is 2. The number of hydrogen-bond acceptors (Lipinski definition) is 2. The molecule has 2 saturated carbocycles. The van der Waals surface area contributed by atoms with E-state index in [1.54, 1.807) is 0 Å². The van der Waals surface area contributed by atoms with Gasteiger partial charge in [-0.2, -0.15) is 0 Å². The van der Waals surface area contributed by atoms with Gasteiger partial charge in [0.15, 0.2) is 0 Å². The molecule has 4 heterocycles. The van der Waals surface area contributed by atoms with Crippen LogP contribution in [0, 0.1) is 0 Å². The molecule has 0 aliphatic heterocycles. The molecule has 3 aromatic carbocycles. The van der Waals surface area contributed by atoms with E-state index in [-0.39, 0.29) is 10.8 Å². The van der Waals surface area contributed by atoms with Crippen molar-refractivity contribution in [3.63, 3.8) is 0 Å². The van der Waals surface area contributed by atoms with Gasteiger partial charge in [0.2, 0.25) is 0 Å². The van der Waals surface area contributed by atoms with Gasteiger partial charge in [-0.1, -0.05) is 92.4 Å². The molecule has 3 heteroatoms. The van der Waals surface area contributed by atoms with E-state index in [2.05, 4.69) is 83.5 Å². The predicted octanol–water partition coefficient (Wildman–Crippen LogP) is 9.31. The summed E-state index contributed by atoms with van der Waals surface area (Å²) in [6.45, 7) is 0. The molecule has 0 unspecified atom stereocenters. The van der Waals surface area contributed by atoms with Crippen LogP contribution in [0.2, 0.25) is 0 Å². The summed E-state index contributed by atoms with van der Waals surface area (Å²) in [4.78, 5) is 10.7. The van der Waals surface area contributed by atoms with Crippen LogP contribution in [-0.2, 0) is 10.8 Å². The fraction of sp³-hybridized carbons (Fsp3) is 0.263. The Hall–Kier alpha value is -4.24. The molecule has 0 atom stereocenters. The van der Waals surface area contributed by atoms with E-state index in [0.717, 1.165) is 0 Å². The quantitative estimate of drug-likeness (QED) is 0.197.